The first-order chi connectivity index (χ1) is 14.7. The highest BCUT2D eigenvalue weighted by Crippen LogP contribution is 2.34. The zero-order valence-electron chi connectivity index (χ0n) is 17.1. The quantitative estimate of drug-likeness (QED) is 0.690. The lowest BCUT2D eigenvalue weighted by atomic mass is 10.1. The summed E-state index contributed by atoms with van der Waals surface area (Å²) in [6.45, 7) is 3.41. The molecule has 166 valence electrons. The molecule has 0 radical (unpaired) electrons. The molecule has 1 atom stereocenters. The molecule has 2 aromatic rings. The van der Waals surface area contributed by atoms with Crippen LogP contribution in [0.5, 0.6) is 5.75 Å². The molecule has 0 bridgehead atoms. The monoisotopic (exact) mass is 453 g/mol. The summed E-state index contributed by atoms with van der Waals surface area (Å²) in [4.78, 5) is 20.2. The second-order valence-corrected chi connectivity index (χ2v) is 8.29. The van der Waals surface area contributed by atoms with Crippen molar-refractivity contribution in [2.24, 2.45) is 0 Å². The number of aromatic nitrogens is 1. The van der Waals surface area contributed by atoms with Gasteiger partial charge in [-0.25, -0.2) is 4.98 Å². The highest BCUT2D eigenvalue weighted by atomic mass is 35.5. The van der Waals surface area contributed by atoms with Crippen molar-refractivity contribution in [1.29, 1.82) is 0 Å². The summed E-state index contributed by atoms with van der Waals surface area (Å²) in [5, 5.41) is -0.0529. The predicted octanol–water partition coefficient (Wildman–Crippen LogP) is 4.36. The molecule has 1 aliphatic heterocycles. The van der Waals surface area contributed by atoms with Gasteiger partial charge in [0.2, 0.25) is 0 Å². The van der Waals surface area contributed by atoms with E-state index in [1.807, 2.05) is 12.1 Å². The van der Waals surface area contributed by atoms with Crippen molar-refractivity contribution in [2.75, 3.05) is 31.1 Å². The molecule has 5 nitrogen and oxygen atoms in total. The van der Waals surface area contributed by atoms with E-state index in [0.717, 1.165) is 31.5 Å². The van der Waals surface area contributed by atoms with Gasteiger partial charge in [0, 0.05) is 32.4 Å². The van der Waals surface area contributed by atoms with Crippen LogP contribution in [0.15, 0.2) is 30.5 Å². The Bertz CT molecular complexity index is 975. The van der Waals surface area contributed by atoms with Crippen LogP contribution in [0, 0.1) is 0 Å². The van der Waals surface area contributed by atoms with E-state index in [-0.39, 0.29) is 10.9 Å². The number of hydrogen-bond donors (Lipinski definition) is 0. The molecule has 31 heavy (non-hydrogen) atoms. The van der Waals surface area contributed by atoms with Crippen molar-refractivity contribution >= 4 is 23.3 Å². The van der Waals surface area contributed by atoms with E-state index in [9.17, 15) is 18.0 Å². The lowest BCUT2D eigenvalue weighted by Gasteiger charge is -2.36. The van der Waals surface area contributed by atoms with Crippen molar-refractivity contribution in [1.82, 2.24) is 9.88 Å². The second-order valence-electron chi connectivity index (χ2n) is 7.88. The molecule has 1 fully saturated rings. The number of ether oxygens (including phenoxy) is 1. The van der Waals surface area contributed by atoms with Gasteiger partial charge in [0.05, 0.1) is 10.6 Å². The minimum Gasteiger partial charge on any atom is -0.481 e. The first kappa shape index (κ1) is 21.7. The predicted molar refractivity (Wildman–Crippen MR) is 112 cm³/mol. The summed E-state index contributed by atoms with van der Waals surface area (Å²) in [6.07, 6.45) is -1.06. The summed E-state index contributed by atoms with van der Waals surface area (Å²) in [5.74, 6) is 0.872. The number of rotatable bonds is 4. The molecule has 9 heteroatoms. The lowest BCUT2D eigenvalue weighted by Crippen LogP contribution is -2.52. The summed E-state index contributed by atoms with van der Waals surface area (Å²) in [6, 6.07) is 6.87. The molecule has 4 rings (SSSR count). The largest absolute Gasteiger partial charge is 0.481 e. The maximum atomic E-state index is 12.8. The third-order valence-corrected chi connectivity index (χ3v) is 6.05. The Morgan fingerprint density at radius 3 is 2.52 bits per heavy atom. The van der Waals surface area contributed by atoms with Gasteiger partial charge in [0.25, 0.3) is 5.91 Å². The third-order valence-electron chi connectivity index (χ3n) is 5.77. The normalized spacial score (nSPS) is 17.5. The smallest absolute Gasteiger partial charge is 0.417 e. The van der Waals surface area contributed by atoms with E-state index in [4.69, 9.17) is 16.3 Å². The van der Waals surface area contributed by atoms with Crippen molar-refractivity contribution < 1.29 is 22.7 Å². The second kappa shape index (κ2) is 8.57. The Labute approximate surface area is 183 Å². The highest BCUT2D eigenvalue weighted by Gasteiger charge is 2.33. The van der Waals surface area contributed by atoms with Crippen LogP contribution in [0.3, 0.4) is 0 Å². The van der Waals surface area contributed by atoms with Gasteiger partial charge in [0.15, 0.2) is 6.10 Å². The molecule has 1 amide bonds. The molecule has 0 saturated carbocycles. The van der Waals surface area contributed by atoms with E-state index >= 15 is 0 Å². The average Bonchev–Trinajstić information content (AvgIpc) is 3.20. The van der Waals surface area contributed by atoms with Gasteiger partial charge in [0.1, 0.15) is 11.6 Å². The minimum atomic E-state index is -4.49. The van der Waals surface area contributed by atoms with Crippen LogP contribution >= 0.6 is 11.6 Å². The first-order valence-electron chi connectivity index (χ1n) is 10.3. The van der Waals surface area contributed by atoms with Gasteiger partial charge >= 0.3 is 6.18 Å². The molecule has 1 aromatic carbocycles. The minimum absolute atomic E-state index is 0.0529. The van der Waals surface area contributed by atoms with Crippen LogP contribution in [-0.2, 0) is 23.8 Å². The average molecular weight is 454 g/mol. The Kier molecular flexibility index (Phi) is 6.01. The van der Waals surface area contributed by atoms with Crippen LogP contribution in [0.1, 0.15) is 30.0 Å². The number of halogens is 4. The molecular weight excluding hydrogens is 431 g/mol. The van der Waals surface area contributed by atoms with Crippen molar-refractivity contribution in [3.05, 3.63) is 52.2 Å². The van der Waals surface area contributed by atoms with Crippen LogP contribution < -0.4 is 9.64 Å². The van der Waals surface area contributed by atoms with Crippen molar-refractivity contribution in [3.63, 3.8) is 0 Å². The van der Waals surface area contributed by atoms with Gasteiger partial charge in [-0.1, -0.05) is 17.7 Å². The summed E-state index contributed by atoms with van der Waals surface area (Å²) >= 11 is 6.04. The molecule has 0 N–H and O–H groups in total. The number of nitrogens with zero attached hydrogens (tertiary/aromatic N) is 3. The number of alkyl halides is 3. The molecule has 0 spiro atoms. The van der Waals surface area contributed by atoms with Crippen molar-refractivity contribution in [2.45, 2.75) is 38.5 Å². The Morgan fingerprint density at radius 1 is 1.13 bits per heavy atom. The summed E-state index contributed by atoms with van der Waals surface area (Å²) in [5.41, 5.74) is 1.75. The Balaban J connectivity index is 1.34. The zero-order chi connectivity index (χ0) is 22.2. The maximum Gasteiger partial charge on any atom is 0.417 e. The summed E-state index contributed by atoms with van der Waals surface area (Å²) < 4.78 is 44.3. The fourth-order valence-corrected chi connectivity index (χ4v) is 4.38. The Hall–Kier alpha value is -2.48. The number of aryl methyl sites for hydroxylation is 2. The number of benzene rings is 1. The molecule has 1 aromatic heterocycles. The number of hydrogen-bond acceptors (Lipinski definition) is 4. The Morgan fingerprint density at radius 2 is 1.84 bits per heavy atom. The van der Waals surface area contributed by atoms with Gasteiger partial charge in [-0.3, -0.25) is 4.79 Å². The van der Waals surface area contributed by atoms with Crippen LogP contribution in [-0.4, -0.2) is 48.1 Å². The van der Waals surface area contributed by atoms with Crippen molar-refractivity contribution in [3.8, 4) is 5.75 Å². The number of fused-ring (bicyclic) bond motifs is 1. The molecular formula is C22H23ClF3N3O2. The van der Waals surface area contributed by atoms with E-state index in [1.165, 1.54) is 11.1 Å². The molecule has 0 unspecified atom stereocenters. The number of carbonyl (C=O) groups excluding carboxylic acids is 1. The number of anilines is 1. The highest BCUT2D eigenvalue weighted by molar-refractivity contribution is 6.33. The number of amides is 1. The molecule has 1 saturated heterocycles. The standard InChI is InChI=1S/C22H23ClF3N3O2/c1-14(31-18-6-5-15-3-2-4-16(15)11-18)21(30)29-9-7-28(8-10-29)20-19(23)12-17(13-27-20)22(24,25)26/h5-6,11-14H,2-4,7-10H2,1H3/t14-/m0/s1. The first-order valence-corrected chi connectivity index (χ1v) is 10.6. The third kappa shape index (κ3) is 4.74. The van der Waals surface area contributed by atoms with Gasteiger partial charge < -0.3 is 14.5 Å². The number of carbonyl (C=O) groups is 1. The topological polar surface area (TPSA) is 45.7 Å². The number of pyridine rings is 1. The summed E-state index contributed by atoms with van der Waals surface area (Å²) in [7, 11) is 0. The van der Waals surface area contributed by atoms with E-state index in [0.29, 0.717) is 37.7 Å². The van der Waals surface area contributed by atoms with Gasteiger partial charge in [-0.15, -0.1) is 0 Å². The molecule has 2 heterocycles. The SMILES string of the molecule is C[C@H](Oc1ccc2c(c1)CCC2)C(=O)N1CCN(c2ncc(C(F)(F)F)cc2Cl)CC1. The lowest BCUT2D eigenvalue weighted by molar-refractivity contribution is -0.138. The van der Waals surface area contributed by atoms with Crippen LogP contribution in [0.4, 0.5) is 19.0 Å². The van der Waals surface area contributed by atoms with Gasteiger partial charge in [-0.05, 0) is 55.5 Å². The molecule has 1 aliphatic carbocycles. The fraction of sp³-hybridized carbons (Fsp3) is 0.455. The molecule has 2 aliphatic rings. The zero-order valence-corrected chi connectivity index (χ0v) is 17.8. The van der Waals surface area contributed by atoms with E-state index in [1.54, 1.807) is 16.7 Å². The van der Waals surface area contributed by atoms with Gasteiger partial charge in [-0.2, -0.15) is 13.2 Å². The van der Waals surface area contributed by atoms with Crippen LogP contribution in [0.2, 0.25) is 5.02 Å². The van der Waals surface area contributed by atoms with E-state index < -0.39 is 17.8 Å². The maximum absolute atomic E-state index is 12.8. The van der Waals surface area contributed by atoms with Crippen LogP contribution in [0.25, 0.3) is 0 Å². The fourth-order valence-electron chi connectivity index (χ4n) is 4.09. The number of piperazine rings is 1. The van der Waals surface area contributed by atoms with E-state index in [2.05, 4.69) is 11.1 Å².